The van der Waals surface area contributed by atoms with Gasteiger partial charge in [0, 0.05) is 19.3 Å². The Balaban J connectivity index is 1.49. The van der Waals surface area contributed by atoms with Crippen molar-refractivity contribution in [3.8, 4) is 0 Å². The van der Waals surface area contributed by atoms with Crippen molar-refractivity contribution in [2.75, 3.05) is 6.54 Å². The molecule has 0 saturated heterocycles. The highest BCUT2D eigenvalue weighted by molar-refractivity contribution is 5.00. The molecule has 0 spiro atoms. The monoisotopic (exact) mass is 233 g/mol. The third kappa shape index (κ3) is 2.71. The normalized spacial score (nSPS) is 23.1. The predicted octanol–water partition coefficient (Wildman–Crippen LogP) is 2.89. The fourth-order valence-electron chi connectivity index (χ4n) is 2.73. The highest BCUT2D eigenvalue weighted by Gasteiger charge is 2.36. The summed E-state index contributed by atoms with van der Waals surface area (Å²) in [6, 6.07) is 2.84. The second kappa shape index (κ2) is 4.45. The van der Waals surface area contributed by atoms with Gasteiger partial charge in [-0.2, -0.15) is 5.10 Å². The van der Waals surface area contributed by atoms with Crippen molar-refractivity contribution in [1.29, 1.82) is 0 Å². The Morgan fingerprint density at radius 1 is 1.41 bits per heavy atom. The van der Waals surface area contributed by atoms with Crippen LogP contribution in [0.15, 0.2) is 12.3 Å². The molecular weight excluding hydrogens is 210 g/mol. The molecule has 0 bridgehead atoms. The maximum absolute atomic E-state index is 4.69. The van der Waals surface area contributed by atoms with Gasteiger partial charge in [-0.05, 0) is 37.2 Å². The van der Waals surface area contributed by atoms with Crippen molar-refractivity contribution < 1.29 is 0 Å². The second-order valence-corrected chi connectivity index (χ2v) is 6.14. The lowest BCUT2D eigenvalue weighted by molar-refractivity contribution is 0.455. The first-order valence-corrected chi connectivity index (χ1v) is 7.00. The quantitative estimate of drug-likeness (QED) is 0.847. The van der Waals surface area contributed by atoms with Gasteiger partial charge in [-0.25, -0.2) is 0 Å². The number of hydrogen-bond acceptors (Lipinski definition) is 2. The Morgan fingerprint density at radius 3 is 2.88 bits per heavy atom. The van der Waals surface area contributed by atoms with E-state index in [0.717, 1.165) is 13.1 Å². The van der Waals surface area contributed by atoms with Crippen LogP contribution in [0.25, 0.3) is 0 Å². The summed E-state index contributed by atoms with van der Waals surface area (Å²) < 4.78 is 2.18. The molecule has 2 fully saturated rings. The Bertz CT molecular complexity index is 373. The Labute approximate surface area is 104 Å². The first-order valence-electron chi connectivity index (χ1n) is 7.00. The lowest BCUT2D eigenvalue weighted by Crippen LogP contribution is -2.21. The molecule has 1 aromatic rings. The van der Waals surface area contributed by atoms with Crippen LogP contribution in [-0.2, 0) is 6.54 Å². The molecule has 2 saturated carbocycles. The van der Waals surface area contributed by atoms with Gasteiger partial charge in [0.1, 0.15) is 0 Å². The van der Waals surface area contributed by atoms with Crippen LogP contribution in [0.1, 0.15) is 57.2 Å². The summed E-state index contributed by atoms with van der Waals surface area (Å²) in [5.74, 6) is 0. The molecule has 1 aromatic heterocycles. The van der Waals surface area contributed by atoms with Gasteiger partial charge < -0.3 is 5.32 Å². The first-order chi connectivity index (χ1) is 8.25. The number of nitrogens with zero attached hydrogens (tertiary/aromatic N) is 2. The van der Waals surface area contributed by atoms with Gasteiger partial charge in [0.2, 0.25) is 0 Å². The molecule has 1 N–H and O–H groups in total. The SMILES string of the molecule is CC1(CNCc2ccn(C3CCCC3)n2)CC1. The van der Waals surface area contributed by atoms with E-state index in [0.29, 0.717) is 11.5 Å². The van der Waals surface area contributed by atoms with Crippen molar-refractivity contribution in [2.45, 2.75) is 58.0 Å². The summed E-state index contributed by atoms with van der Waals surface area (Å²) in [4.78, 5) is 0. The Hall–Kier alpha value is -0.830. The van der Waals surface area contributed by atoms with Crippen LogP contribution >= 0.6 is 0 Å². The van der Waals surface area contributed by atoms with E-state index < -0.39 is 0 Å². The van der Waals surface area contributed by atoms with Crippen LogP contribution in [0.3, 0.4) is 0 Å². The molecule has 0 amide bonds. The molecule has 0 radical (unpaired) electrons. The van der Waals surface area contributed by atoms with Gasteiger partial charge in [-0.15, -0.1) is 0 Å². The zero-order valence-electron chi connectivity index (χ0n) is 10.8. The fourth-order valence-corrected chi connectivity index (χ4v) is 2.73. The smallest absolute Gasteiger partial charge is 0.0762 e. The molecule has 0 aliphatic heterocycles. The molecule has 0 atom stereocenters. The van der Waals surface area contributed by atoms with Crippen molar-refractivity contribution in [3.05, 3.63) is 18.0 Å². The van der Waals surface area contributed by atoms with Crippen LogP contribution < -0.4 is 5.32 Å². The minimum absolute atomic E-state index is 0.591. The van der Waals surface area contributed by atoms with Gasteiger partial charge >= 0.3 is 0 Å². The summed E-state index contributed by atoms with van der Waals surface area (Å²) in [5.41, 5.74) is 1.79. The molecule has 0 unspecified atom stereocenters. The lowest BCUT2D eigenvalue weighted by atomic mass is 10.1. The zero-order valence-corrected chi connectivity index (χ0v) is 10.8. The first kappa shape index (κ1) is 11.3. The van der Waals surface area contributed by atoms with Crippen LogP contribution in [-0.4, -0.2) is 16.3 Å². The molecule has 0 aromatic carbocycles. The number of aromatic nitrogens is 2. The highest BCUT2D eigenvalue weighted by atomic mass is 15.3. The van der Waals surface area contributed by atoms with E-state index >= 15 is 0 Å². The Kier molecular flexibility index (Phi) is 2.95. The van der Waals surface area contributed by atoms with Crippen molar-refractivity contribution in [2.24, 2.45) is 5.41 Å². The largest absolute Gasteiger partial charge is 0.311 e. The van der Waals surface area contributed by atoms with Crippen LogP contribution in [0, 0.1) is 5.41 Å². The van der Waals surface area contributed by atoms with E-state index in [1.165, 1.54) is 44.2 Å². The molecule has 3 nitrogen and oxygen atoms in total. The van der Waals surface area contributed by atoms with Crippen LogP contribution in [0.5, 0.6) is 0 Å². The van der Waals surface area contributed by atoms with E-state index in [4.69, 9.17) is 0 Å². The Morgan fingerprint density at radius 2 is 2.18 bits per heavy atom. The van der Waals surface area contributed by atoms with E-state index in [2.05, 4.69) is 34.3 Å². The molecule has 17 heavy (non-hydrogen) atoms. The maximum atomic E-state index is 4.69. The average Bonchev–Trinajstić information content (AvgIpc) is 2.78. The summed E-state index contributed by atoms with van der Waals surface area (Å²) in [5, 5.41) is 8.22. The molecule has 2 aliphatic carbocycles. The summed E-state index contributed by atoms with van der Waals surface area (Å²) in [6.45, 7) is 4.43. The third-order valence-electron chi connectivity index (χ3n) is 4.32. The molecule has 94 valence electrons. The standard InChI is InChI=1S/C14H23N3/c1-14(7-8-14)11-15-10-12-6-9-17(16-12)13-4-2-3-5-13/h6,9,13,15H,2-5,7-8,10-11H2,1H3. The molecule has 2 aliphatic rings. The van der Waals surface area contributed by atoms with Gasteiger partial charge in [0.25, 0.3) is 0 Å². The number of nitrogens with one attached hydrogen (secondary N) is 1. The van der Waals surface area contributed by atoms with Crippen molar-refractivity contribution >= 4 is 0 Å². The van der Waals surface area contributed by atoms with E-state index in [1.54, 1.807) is 0 Å². The van der Waals surface area contributed by atoms with E-state index in [9.17, 15) is 0 Å². The predicted molar refractivity (Wildman–Crippen MR) is 68.8 cm³/mol. The minimum Gasteiger partial charge on any atom is -0.311 e. The topological polar surface area (TPSA) is 29.9 Å². The van der Waals surface area contributed by atoms with E-state index in [-0.39, 0.29) is 0 Å². The minimum atomic E-state index is 0.591. The average molecular weight is 233 g/mol. The third-order valence-corrected chi connectivity index (χ3v) is 4.32. The summed E-state index contributed by atoms with van der Waals surface area (Å²) >= 11 is 0. The fraction of sp³-hybridized carbons (Fsp3) is 0.786. The van der Waals surface area contributed by atoms with Crippen molar-refractivity contribution in [1.82, 2.24) is 15.1 Å². The van der Waals surface area contributed by atoms with Gasteiger partial charge in [0.05, 0.1) is 11.7 Å². The summed E-state index contributed by atoms with van der Waals surface area (Å²) in [7, 11) is 0. The van der Waals surface area contributed by atoms with Crippen molar-refractivity contribution in [3.63, 3.8) is 0 Å². The lowest BCUT2D eigenvalue weighted by Gasteiger charge is -2.10. The molecule has 3 heteroatoms. The summed E-state index contributed by atoms with van der Waals surface area (Å²) in [6.07, 6.45) is 10.3. The van der Waals surface area contributed by atoms with Gasteiger partial charge in [0.15, 0.2) is 0 Å². The number of hydrogen-bond donors (Lipinski definition) is 1. The van der Waals surface area contributed by atoms with Gasteiger partial charge in [-0.1, -0.05) is 19.8 Å². The van der Waals surface area contributed by atoms with E-state index in [1.807, 2.05) is 0 Å². The second-order valence-electron chi connectivity index (χ2n) is 6.14. The number of rotatable bonds is 5. The zero-order chi connectivity index (χ0) is 11.7. The molecular formula is C14H23N3. The molecule has 1 heterocycles. The maximum Gasteiger partial charge on any atom is 0.0762 e. The highest BCUT2D eigenvalue weighted by Crippen LogP contribution is 2.44. The van der Waals surface area contributed by atoms with Crippen LogP contribution in [0.4, 0.5) is 0 Å². The van der Waals surface area contributed by atoms with Gasteiger partial charge in [-0.3, -0.25) is 4.68 Å². The van der Waals surface area contributed by atoms with Crippen LogP contribution in [0.2, 0.25) is 0 Å². The molecule has 3 rings (SSSR count).